The molecule has 0 radical (unpaired) electrons. The number of hydrogen-bond acceptors (Lipinski definition) is 6. The topological polar surface area (TPSA) is 122 Å². The van der Waals surface area contributed by atoms with Gasteiger partial charge in [0.25, 0.3) is 11.8 Å². The first kappa shape index (κ1) is 21.5. The van der Waals surface area contributed by atoms with Crippen LogP contribution in [0.25, 0.3) is 0 Å². The minimum Gasteiger partial charge on any atom is -0.452 e. The third-order valence-corrected chi connectivity index (χ3v) is 5.28. The van der Waals surface area contributed by atoms with Crippen LogP contribution >= 0.6 is 0 Å². The number of ether oxygens (including phenoxy) is 1. The van der Waals surface area contributed by atoms with Crippen molar-refractivity contribution in [3.05, 3.63) is 35.4 Å². The van der Waals surface area contributed by atoms with Crippen LogP contribution in [0.1, 0.15) is 54.9 Å². The summed E-state index contributed by atoms with van der Waals surface area (Å²) in [5.74, 6) is -2.32. The Kier molecular flexibility index (Phi) is 6.81. The Bertz CT molecular complexity index is 862. The first-order valence-electron chi connectivity index (χ1n) is 10.1. The van der Waals surface area contributed by atoms with E-state index in [2.05, 4.69) is 10.6 Å². The molecule has 0 aromatic heterocycles. The number of esters is 1. The normalized spacial score (nSPS) is 17.3. The van der Waals surface area contributed by atoms with Gasteiger partial charge in [-0.05, 0) is 31.4 Å². The van der Waals surface area contributed by atoms with Gasteiger partial charge in [0.05, 0.1) is 12.8 Å². The highest BCUT2D eigenvalue weighted by Gasteiger charge is 2.31. The summed E-state index contributed by atoms with van der Waals surface area (Å²) in [5.41, 5.74) is 1.10. The van der Waals surface area contributed by atoms with E-state index in [1.54, 1.807) is 24.3 Å². The smallest absolute Gasteiger partial charge is 0.321 e. The van der Waals surface area contributed by atoms with Gasteiger partial charge in [-0.25, -0.2) is 4.79 Å². The van der Waals surface area contributed by atoms with Crippen LogP contribution in [0.2, 0.25) is 0 Å². The van der Waals surface area contributed by atoms with E-state index >= 15 is 0 Å². The fourth-order valence-corrected chi connectivity index (χ4v) is 3.64. The van der Waals surface area contributed by atoms with Gasteiger partial charge >= 0.3 is 12.0 Å². The molecule has 1 aliphatic carbocycles. The molecular weight excluding hydrogens is 390 g/mol. The summed E-state index contributed by atoms with van der Waals surface area (Å²) < 4.78 is 5.03. The molecule has 1 heterocycles. The molecule has 2 aliphatic rings. The molecule has 0 unspecified atom stereocenters. The summed E-state index contributed by atoms with van der Waals surface area (Å²) in [6, 6.07) is 6.27. The number of hydrogen-bond donors (Lipinski definition) is 2. The highest BCUT2D eigenvalue weighted by Crippen LogP contribution is 2.20. The third kappa shape index (κ3) is 5.22. The van der Waals surface area contributed by atoms with Crippen molar-refractivity contribution in [1.29, 1.82) is 0 Å². The number of carbonyl (C=O) groups is 5. The first-order valence-corrected chi connectivity index (χ1v) is 10.1. The number of imide groups is 2. The molecule has 1 saturated carbocycles. The van der Waals surface area contributed by atoms with Crippen molar-refractivity contribution in [2.75, 3.05) is 6.54 Å². The molecule has 0 bridgehead atoms. The van der Waals surface area contributed by atoms with Crippen molar-refractivity contribution in [2.45, 2.75) is 57.6 Å². The van der Waals surface area contributed by atoms with E-state index in [4.69, 9.17) is 4.74 Å². The lowest BCUT2D eigenvalue weighted by atomic mass is 9.98. The summed E-state index contributed by atoms with van der Waals surface area (Å²) in [4.78, 5) is 61.7. The zero-order chi connectivity index (χ0) is 21.7. The van der Waals surface area contributed by atoms with E-state index in [-0.39, 0.29) is 31.3 Å². The molecule has 9 heteroatoms. The molecule has 5 amide bonds. The Morgan fingerprint density at radius 1 is 1.17 bits per heavy atom. The molecule has 1 aliphatic heterocycles. The van der Waals surface area contributed by atoms with Gasteiger partial charge < -0.3 is 10.1 Å². The van der Waals surface area contributed by atoms with Crippen molar-refractivity contribution in [3.8, 4) is 0 Å². The molecule has 1 atom stereocenters. The van der Waals surface area contributed by atoms with Crippen molar-refractivity contribution >= 4 is 29.7 Å². The zero-order valence-electron chi connectivity index (χ0n) is 16.8. The summed E-state index contributed by atoms with van der Waals surface area (Å²) in [7, 11) is 0. The van der Waals surface area contributed by atoms with Crippen molar-refractivity contribution in [3.63, 3.8) is 0 Å². The minimum atomic E-state index is -1.18. The Labute approximate surface area is 174 Å². The van der Waals surface area contributed by atoms with Gasteiger partial charge in [-0.15, -0.1) is 0 Å². The van der Waals surface area contributed by atoms with E-state index in [1.165, 1.54) is 6.92 Å². The lowest BCUT2D eigenvalue weighted by Crippen LogP contribution is -2.47. The lowest BCUT2D eigenvalue weighted by Gasteiger charge is -2.26. The highest BCUT2D eigenvalue weighted by molar-refractivity contribution is 6.09. The Hall–Kier alpha value is -3.23. The molecule has 1 fully saturated rings. The standard InChI is InChI=1S/C21H25N3O6/c1-13(19(27)23-21(29)22-15-7-3-4-8-15)30-18(26)10-11-24-17(25)12-14-6-2-5-9-16(14)20(24)28/h2,5-6,9,13,15H,3-4,7-8,10-12H2,1H3,(H2,22,23,27,29)/t13-/m0/s1. The fraction of sp³-hybridized carbons (Fsp3) is 0.476. The average Bonchev–Trinajstić information content (AvgIpc) is 3.20. The van der Waals surface area contributed by atoms with Gasteiger partial charge in [-0.3, -0.25) is 29.4 Å². The van der Waals surface area contributed by atoms with E-state index < -0.39 is 29.9 Å². The highest BCUT2D eigenvalue weighted by atomic mass is 16.5. The minimum absolute atomic E-state index is 0.0559. The lowest BCUT2D eigenvalue weighted by molar-refractivity contribution is -0.154. The van der Waals surface area contributed by atoms with Gasteiger partial charge in [0, 0.05) is 18.2 Å². The Balaban J connectivity index is 1.44. The van der Waals surface area contributed by atoms with Gasteiger partial charge in [0.1, 0.15) is 0 Å². The molecule has 1 aromatic carbocycles. The summed E-state index contributed by atoms with van der Waals surface area (Å²) >= 11 is 0. The number of fused-ring (bicyclic) bond motifs is 1. The summed E-state index contributed by atoms with van der Waals surface area (Å²) in [6.45, 7) is 1.21. The molecule has 0 spiro atoms. The number of benzene rings is 1. The first-order chi connectivity index (χ1) is 14.3. The number of nitrogens with one attached hydrogen (secondary N) is 2. The van der Waals surface area contributed by atoms with Crippen molar-refractivity contribution in [2.24, 2.45) is 0 Å². The van der Waals surface area contributed by atoms with Crippen molar-refractivity contribution in [1.82, 2.24) is 15.5 Å². The van der Waals surface area contributed by atoms with Crippen LogP contribution in [-0.2, 0) is 25.5 Å². The molecule has 3 rings (SSSR count). The second-order valence-electron chi connectivity index (χ2n) is 7.51. The predicted molar refractivity (Wildman–Crippen MR) is 105 cm³/mol. The maximum atomic E-state index is 12.5. The molecular formula is C21H25N3O6. The Morgan fingerprint density at radius 3 is 2.60 bits per heavy atom. The van der Waals surface area contributed by atoms with E-state index in [0.29, 0.717) is 11.1 Å². The van der Waals surface area contributed by atoms with Crippen LogP contribution in [0.3, 0.4) is 0 Å². The molecule has 2 N–H and O–H groups in total. The monoisotopic (exact) mass is 415 g/mol. The second kappa shape index (κ2) is 9.51. The average molecular weight is 415 g/mol. The second-order valence-corrected chi connectivity index (χ2v) is 7.51. The Morgan fingerprint density at radius 2 is 1.87 bits per heavy atom. The maximum absolute atomic E-state index is 12.5. The van der Waals surface area contributed by atoms with Crippen LogP contribution in [0.15, 0.2) is 24.3 Å². The SMILES string of the molecule is C[C@H](OC(=O)CCN1C(=O)Cc2ccccc2C1=O)C(=O)NC(=O)NC1CCCC1. The zero-order valence-corrected chi connectivity index (χ0v) is 16.8. The van der Waals surface area contributed by atoms with E-state index in [1.807, 2.05) is 0 Å². The molecule has 0 saturated heterocycles. The molecule has 160 valence electrons. The number of nitrogens with zero attached hydrogens (tertiary/aromatic N) is 1. The predicted octanol–water partition coefficient (Wildman–Crippen LogP) is 1.30. The van der Waals surface area contributed by atoms with Crippen molar-refractivity contribution < 1.29 is 28.7 Å². The van der Waals surface area contributed by atoms with E-state index in [9.17, 15) is 24.0 Å². The quantitative estimate of drug-likeness (QED) is 0.534. The molecule has 1 aromatic rings. The van der Waals surface area contributed by atoms with Gasteiger partial charge in [0.2, 0.25) is 5.91 Å². The van der Waals surface area contributed by atoms with Crippen LogP contribution in [0.5, 0.6) is 0 Å². The van der Waals surface area contributed by atoms with Crippen LogP contribution in [0, 0.1) is 0 Å². The number of rotatable bonds is 6. The van der Waals surface area contributed by atoms with Gasteiger partial charge in [-0.1, -0.05) is 31.0 Å². The van der Waals surface area contributed by atoms with Crippen LogP contribution < -0.4 is 10.6 Å². The number of amides is 5. The number of urea groups is 1. The molecule has 30 heavy (non-hydrogen) atoms. The molecule has 9 nitrogen and oxygen atoms in total. The van der Waals surface area contributed by atoms with Gasteiger partial charge in [0.15, 0.2) is 6.10 Å². The third-order valence-electron chi connectivity index (χ3n) is 5.28. The summed E-state index contributed by atoms with van der Waals surface area (Å²) in [6.07, 6.45) is 2.51. The number of carbonyl (C=O) groups excluding carboxylic acids is 5. The fourth-order valence-electron chi connectivity index (χ4n) is 3.64. The van der Waals surface area contributed by atoms with Crippen LogP contribution in [-0.4, -0.2) is 53.3 Å². The maximum Gasteiger partial charge on any atom is 0.321 e. The summed E-state index contributed by atoms with van der Waals surface area (Å²) in [5, 5.41) is 4.87. The van der Waals surface area contributed by atoms with E-state index in [0.717, 1.165) is 30.6 Å². The largest absolute Gasteiger partial charge is 0.452 e. The van der Waals surface area contributed by atoms with Gasteiger partial charge in [-0.2, -0.15) is 0 Å². The van der Waals surface area contributed by atoms with Crippen LogP contribution in [0.4, 0.5) is 4.79 Å².